The van der Waals surface area contributed by atoms with E-state index < -0.39 is 18.5 Å². The molecule has 2 aromatic carbocycles. The number of halogens is 2. The van der Waals surface area contributed by atoms with Gasteiger partial charge in [-0.25, -0.2) is 4.79 Å². The maximum absolute atomic E-state index is 12.8. The predicted octanol–water partition coefficient (Wildman–Crippen LogP) is 4.58. The van der Waals surface area contributed by atoms with Crippen LogP contribution >= 0.6 is 27.5 Å². The molecule has 9 heteroatoms. The topological polar surface area (TPSA) is 92.8 Å². The molecule has 0 aromatic heterocycles. The van der Waals surface area contributed by atoms with Crippen molar-refractivity contribution in [2.45, 2.75) is 25.7 Å². The molecule has 0 spiro atoms. The second-order valence-corrected chi connectivity index (χ2v) is 9.13. The monoisotopic (exact) mass is 518 g/mol. The lowest BCUT2D eigenvalue weighted by molar-refractivity contribution is -0.122. The number of hydrogen-bond donors (Lipinski definition) is 1. The number of rotatable bonds is 5. The van der Waals surface area contributed by atoms with Crippen LogP contribution in [0.5, 0.6) is 0 Å². The van der Waals surface area contributed by atoms with E-state index in [0.29, 0.717) is 29.2 Å². The number of carbonyl (C=O) groups excluding carboxylic acids is 4. The molecule has 2 aromatic rings. The molecule has 2 aliphatic rings. The minimum Gasteiger partial charge on any atom is -0.452 e. The van der Waals surface area contributed by atoms with Gasteiger partial charge in [0.05, 0.1) is 33.8 Å². The van der Waals surface area contributed by atoms with E-state index in [1.165, 1.54) is 17.0 Å². The van der Waals surface area contributed by atoms with Crippen molar-refractivity contribution < 1.29 is 23.9 Å². The van der Waals surface area contributed by atoms with Crippen molar-refractivity contribution in [2.75, 3.05) is 16.8 Å². The Morgan fingerprint density at radius 2 is 1.75 bits per heavy atom. The molecule has 4 rings (SSSR count). The highest BCUT2D eigenvalue weighted by molar-refractivity contribution is 9.10. The van der Waals surface area contributed by atoms with Crippen LogP contribution in [0.15, 0.2) is 46.9 Å². The molecule has 0 bridgehead atoms. The van der Waals surface area contributed by atoms with Crippen LogP contribution in [0.25, 0.3) is 0 Å². The normalized spacial score (nSPS) is 20.1. The number of amides is 3. The number of nitrogens with one attached hydrogen (secondary N) is 1. The van der Waals surface area contributed by atoms with Crippen LogP contribution in [0.2, 0.25) is 5.02 Å². The van der Waals surface area contributed by atoms with Crippen LogP contribution in [-0.2, 0) is 19.1 Å². The van der Waals surface area contributed by atoms with E-state index >= 15 is 0 Å². The van der Waals surface area contributed by atoms with Crippen molar-refractivity contribution in [3.05, 3.63) is 57.5 Å². The van der Waals surface area contributed by atoms with Gasteiger partial charge < -0.3 is 10.1 Å². The Kier molecular flexibility index (Phi) is 6.62. The van der Waals surface area contributed by atoms with E-state index in [1.54, 1.807) is 30.3 Å². The molecule has 1 aliphatic carbocycles. The largest absolute Gasteiger partial charge is 0.452 e. The molecule has 32 heavy (non-hydrogen) atoms. The van der Waals surface area contributed by atoms with Gasteiger partial charge in [-0.15, -0.1) is 0 Å². The van der Waals surface area contributed by atoms with Crippen LogP contribution in [0.1, 0.15) is 36.0 Å². The summed E-state index contributed by atoms with van der Waals surface area (Å²) in [5, 5.41) is 2.91. The van der Waals surface area contributed by atoms with Crippen molar-refractivity contribution in [1.82, 2.24) is 0 Å². The van der Waals surface area contributed by atoms with Gasteiger partial charge in [-0.1, -0.05) is 46.4 Å². The third kappa shape index (κ3) is 4.56. The molecular formula is C23H20BrClN2O5. The highest BCUT2D eigenvalue weighted by Gasteiger charge is 2.48. The average molecular weight is 520 g/mol. The Morgan fingerprint density at radius 1 is 1.06 bits per heavy atom. The van der Waals surface area contributed by atoms with Gasteiger partial charge in [0.2, 0.25) is 11.8 Å². The maximum Gasteiger partial charge on any atom is 0.338 e. The van der Waals surface area contributed by atoms with E-state index in [0.717, 1.165) is 17.3 Å². The summed E-state index contributed by atoms with van der Waals surface area (Å²) in [5.74, 6) is -2.26. The quantitative estimate of drug-likeness (QED) is 0.461. The predicted molar refractivity (Wildman–Crippen MR) is 122 cm³/mol. The van der Waals surface area contributed by atoms with E-state index in [2.05, 4.69) is 21.2 Å². The van der Waals surface area contributed by atoms with Crippen LogP contribution in [0.4, 0.5) is 11.4 Å². The number of nitrogens with zero attached hydrogens (tertiary/aromatic N) is 1. The molecule has 166 valence electrons. The molecule has 1 N–H and O–H groups in total. The van der Waals surface area contributed by atoms with Gasteiger partial charge >= 0.3 is 5.97 Å². The molecule has 1 saturated carbocycles. The van der Waals surface area contributed by atoms with Crippen LogP contribution < -0.4 is 10.2 Å². The number of carbonyl (C=O) groups is 4. The molecule has 1 aliphatic heterocycles. The van der Waals surface area contributed by atoms with E-state index in [1.807, 2.05) is 0 Å². The smallest absolute Gasteiger partial charge is 0.338 e. The number of fused-ring (bicyclic) bond motifs is 1. The third-order valence-corrected chi connectivity index (χ3v) is 6.53. The van der Waals surface area contributed by atoms with Crippen molar-refractivity contribution in [3.63, 3.8) is 0 Å². The highest BCUT2D eigenvalue weighted by Crippen LogP contribution is 2.40. The Labute approximate surface area is 198 Å². The summed E-state index contributed by atoms with van der Waals surface area (Å²) in [7, 11) is 0. The van der Waals surface area contributed by atoms with Crippen molar-refractivity contribution in [2.24, 2.45) is 11.8 Å². The number of imide groups is 1. The Bertz CT molecular complexity index is 1080. The zero-order valence-corrected chi connectivity index (χ0v) is 19.3. The fraction of sp³-hybridized carbons (Fsp3) is 0.304. The summed E-state index contributed by atoms with van der Waals surface area (Å²) in [4.78, 5) is 51.4. The minimum absolute atomic E-state index is 0.146. The number of anilines is 2. The Hall–Kier alpha value is -2.71. The second-order valence-electron chi connectivity index (χ2n) is 7.81. The molecule has 0 unspecified atom stereocenters. The van der Waals surface area contributed by atoms with E-state index in [-0.39, 0.29) is 29.2 Å². The summed E-state index contributed by atoms with van der Waals surface area (Å²) in [6.07, 6.45) is 3.30. The van der Waals surface area contributed by atoms with E-state index in [4.69, 9.17) is 16.3 Å². The first-order valence-corrected chi connectivity index (χ1v) is 11.4. The van der Waals surface area contributed by atoms with Gasteiger partial charge in [-0.2, -0.15) is 0 Å². The molecule has 3 amide bonds. The summed E-state index contributed by atoms with van der Waals surface area (Å²) in [5.41, 5.74) is 0.882. The SMILES string of the molecule is O=C(COC(=O)c1cccc(N2C(=O)[C@H]3CCCC[C@H]3C2=O)c1)Nc1ccc(Br)cc1Cl. The van der Waals surface area contributed by atoms with Crippen molar-refractivity contribution in [3.8, 4) is 0 Å². The van der Waals surface area contributed by atoms with Gasteiger partial charge in [0.25, 0.3) is 5.91 Å². The molecular weight excluding hydrogens is 500 g/mol. The lowest BCUT2D eigenvalue weighted by Gasteiger charge is -2.19. The summed E-state index contributed by atoms with van der Waals surface area (Å²) in [6, 6.07) is 11.1. The molecule has 1 saturated heterocycles. The number of esters is 1. The van der Waals surface area contributed by atoms with Crippen molar-refractivity contribution >= 4 is 62.6 Å². The van der Waals surface area contributed by atoms with Crippen LogP contribution in [-0.4, -0.2) is 30.3 Å². The number of benzene rings is 2. The second kappa shape index (κ2) is 9.42. The summed E-state index contributed by atoms with van der Waals surface area (Å²) >= 11 is 9.35. The summed E-state index contributed by atoms with van der Waals surface area (Å²) < 4.78 is 5.86. The van der Waals surface area contributed by atoms with Gasteiger partial charge in [0.1, 0.15) is 0 Å². The maximum atomic E-state index is 12.8. The Morgan fingerprint density at radius 3 is 2.41 bits per heavy atom. The number of hydrogen-bond acceptors (Lipinski definition) is 5. The first-order valence-electron chi connectivity index (χ1n) is 10.2. The summed E-state index contributed by atoms with van der Waals surface area (Å²) in [6.45, 7) is -0.513. The van der Waals surface area contributed by atoms with Crippen LogP contribution in [0.3, 0.4) is 0 Å². The Balaban J connectivity index is 1.41. The van der Waals surface area contributed by atoms with Crippen LogP contribution in [0, 0.1) is 11.8 Å². The zero-order chi connectivity index (χ0) is 22.8. The van der Waals surface area contributed by atoms with Gasteiger partial charge in [0, 0.05) is 4.47 Å². The van der Waals surface area contributed by atoms with E-state index in [9.17, 15) is 19.2 Å². The third-order valence-electron chi connectivity index (χ3n) is 5.72. The van der Waals surface area contributed by atoms with Crippen molar-refractivity contribution in [1.29, 1.82) is 0 Å². The fourth-order valence-electron chi connectivity index (χ4n) is 4.18. The molecule has 0 radical (unpaired) electrons. The first-order chi connectivity index (χ1) is 15.3. The molecule has 1 heterocycles. The average Bonchev–Trinajstić information content (AvgIpc) is 3.04. The molecule has 2 fully saturated rings. The molecule has 7 nitrogen and oxygen atoms in total. The van der Waals surface area contributed by atoms with Gasteiger partial charge in [-0.05, 0) is 49.2 Å². The minimum atomic E-state index is -0.736. The van der Waals surface area contributed by atoms with Gasteiger partial charge in [-0.3, -0.25) is 19.3 Å². The van der Waals surface area contributed by atoms with Gasteiger partial charge in [0.15, 0.2) is 6.61 Å². The lowest BCUT2D eigenvalue weighted by Crippen LogP contribution is -2.31. The standard InChI is InChI=1S/C23H20BrClN2O5/c24-14-8-9-19(18(25)11-14)26-20(28)12-32-23(31)13-4-3-5-15(10-13)27-21(29)16-6-1-2-7-17(16)22(27)30/h3-5,8-11,16-17H,1-2,6-7,12H2,(H,26,28)/t16-,17+. The lowest BCUT2D eigenvalue weighted by atomic mass is 9.81. The number of ether oxygens (including phenoxy) is 1. The highest BCUT2D eigenvalue weighted by atomic mass is 79.9. The first kappa shape index (κ1) is 22.5. The fourth-order valence-corrected chi connectivity index (χ4v) is 4.90. The molecule has 2 atom stereocenters. The zero-order valence-electron chi connectivity index (χ0n) is 17.0.